The highest BCUT2D eigenvalue weighted by molar-refractivity contribution is 6.21. The van der Waals surface area contributed by atoms with Gasteiger partial charge in [-0.15, -0.1) is 0 Å². The van der Waals surface area contributed by atoms with Crippen molar-refractivity contribution in [2.45, 2.75) is 26.7 Å². The summed E-state index contributed by atoms with van der Waals surface area (Å²) in [6.07, 6.45) is 2.41. The third kappa shape index (κ3) is 1.05. The first-order valence-corrected chi connectivity index (χ1v) is 4.17. The molecule has 1 aliphatic heterocycles. The number of carbonyl (C=O) groups is 1. The van der Waals surface area contributed by atoms with E-state index in [1.807, 2.05) is 13.8 Å². The molecule has 64 valence electrons. The van der Waals surface area contributed by atoms with Crippen molar-refractivity contribution in [3.8, 4) is 0 Å². The molecular formula is C9H11NO2. The van der Waals surface area contributed by atoms with Gasteiger partial charge in [-0.3, -0.25) is 0 Å². The summed E-state index contributed by atoms with van der Waals surface area (Å²) in [5.74, 6) is 0.327. The van der Waals surface area contributed by atoms with Gasteiger partial charge in [-0.05, 0) is 32.6 Å². The standard InChI is InChI=1S/C9H11NO2/c1-5(7-3-4-7)8-6(2)10-12-9(8)11/h7H,3-4H2,1-2H3/b8-5+. The van der Waals surface area contributed by atoms with E-state index in [-0.39, 0.29) is 5.97 Å². The normalized spacial score (nSPS) is 26.8. The Morgan fingerprint density at radius 2 is 2.25 bits per heavy atom. The minimum absolute atomic E-state index is 0.281. The van der Waals surface area contributed by atoms with Gasteiger partial charge < -0.3 is 4.84 Å². The predicted octanol–water partition coefficient (Wildman–Crippen LogP) is 1.65. The average molecular weight is 165 g/mol. The topological polar surface area (TPSA) is 38.7 Å². The second kappa shape index (κ2) is 2.44. The Morgan fingerprint density at radius 1 is 1.58 bits per heavy atom. The van der Waals surface area contributed by atoms with Gasteiger partial charge in [0, 0.05) is 0 Å². The van der Waals surface area contributed by atoms with Gasteiger partial charge in [0.25, 0.3) is 0 Å². The molecule has 0 unspecified atom stereocenters. The average Bonchev–Trinajstić information content (AvgIpc) is 2.79. The van der Waals surface area contributed by atoms with E-state index in [9.17, 15) is 4.79 Å². The van der Waals surface area contributed by atoms with Crippen molar-refractivity contribution < 1.29 is 9.63 Å². The van der Waals surface area contributed by atoms with Crippen LogP contribution in [0.1, 0.15) is 26.7 Å². The third-order valence-electron chi connectivity index (χ3n) is 2.42. The molecule has 0 amide bonds. The lowest BCUT2D eigenvalue weighted by Gasteiger charge is -1.99. The summed E-state index contributed by atoms with van der Waals surface area (Å²) < 4.78 is 0. The molecule has 12 heavy (non-hydrogen) atoms. The summed E-state index contributed by atoms with van der Waals surface area (Å²) in [7, 11) is 0. The molecule has 2 aliphatic rings. The van der Waals surface area contributed by atoms with Gasteiger partial charge in [-0.2, -0.15) is 0 Å². The van der Waals surface area contributed by atoms with Crippen molar-refractivity contribution in [3.05, 3.63) is 11.1 Å². The molecule has 2 rings (SSSR count). The van der Waals surface area contributed by atoms with Gasteiger partial charge in [0.1, 0.15) is 0 Å². The van der Waals surface area contributed by atoms with E-state index < -0.39 is 0 Å². The lowest BCUT2D eigenvalue weighted by molar-refractivity contribution is -0.136. The van der Waals surface area contributed by atoms with Crippen LogP contribution in [0.2, 0.25) is 0 Å². The fourth-order valence-corrected chi connectivity index (χ4v) is 1.52. The van der Waals surface area contributed by atoms with Crippen LogP contribution in [0.4, 0.5) is 0 Å². The fourth-order valence-electron chi connectivity index (χ4n) is 1.52. The molecule has 0 aromatic heterocycles. The summed E-state index contributed by atoms with van der Waals surface area (Å²) in [5, 5.41) is 3.64. The largest absolute Gasteiger partial charge is 0.367 e. The zero-order valence-corrected chi connectivity index (χ0v) is 7.26. The van der Waals surface area contributed by atoms with E-state index in [0.717, 1.165) is 11.3 Å². The van der Waals surface area contributed by atoms with Gasteiger partial charge in [0.05, 0.1) is 11.3 Å². The van der Waals surface area contributed by atoms with Crippen LogP contribution in [0.25, 0.3) is 0 Å². The van der Waals surface area contributed by atoms with Gasteiger partial charge in [0.2, 0.25) is 0 Å². The number of hydrogen-bond donors (Lipinski definition) is 0. The lowest BCUT2D eigenvalue weighted by atomic mass is 10.0. The molecule has 0 spiro atoms. The quantitative estimate of drug-likeness (QED) is 0.437. The molecule has 0 saturated heterocycles. The van der Waals surface area contributed by atoms with Gasteiger partial charge >= 0.3 is 5.97 Å². The molecule has 3 nitrogen and oxygen atoms in total. The maximum absolute atomic E-state index is 11.2. The van der Waals surface area contributed by atoms with Crippen LogP contribution < -0.4 is 0 Å². The molecule has 0 radical (unpaired) electrons. The Balaban J connectivity index is 2.36. The maximum Gasteiger partial charge on any atom is 0.367 e. The van der Waals surface area contributed by atoms with Crippen LogP contribution in [-0.4, -0.2) is 11.7 Å². The van der Waals surface area contributed by atoms with E-state index in [1.165, 1.54) is 12.8 Å². The predicted molar refractivity (Wildman–Crippen MR) is 44.6 cm³/mol. The van der Waals surface area contributed by atoms with Crippen LogP contribution in [-0.2, 0) is 9.63 Å². The van der Waals surface area contributed by atoms with E-state index >= 15 is 0 Å². The summed E-state index contributed by atoms with van der Waals surface area (Å²) >= 11 is 0. The van der Waals surface area contributed by atoms with Gasteiger partial charge in [0.15, 0.2) is 0 Å². The second-order valence-corrected chi connectivity index (χ2v) is 3.39. The zero-order valence-electron chi connectivity index (χ0n) is 7.26. The Labute approximate surface area is 71.1 Å². The number of rotatable bonds is 1. The van der Waals surface area contributed by atoms with Crippen LogP contribution in [0, 0.1) is 5.92 Å². The Bertz CT molecular complexity index is 298. The summed E-state index contributed by atoms with van der Waals surface area (Å²) in [4.78, 5) is 15.7. The molecule has 3 heteroatoms. The van der Waals surface area contributed by atoms with Crippen LogP contribution in [0.15, 0.2) is 16.3 Å². The molecular weight excluding hydrogens is 154 g/mol. The fraction of sp³-hybridized carbons (Fsp3) is 0.556. The number of carbonyl (C=O) groups excluding carboxylic acids is 1. The number of hydrogen-bond acceptors (Lipinski definition) is 3. The summed E-state index contributed by atoms with van der Waals surface area (Å²) in [5.41, 5.74) is 2.58. The first-order chi connectivity index (χ1) is 5.70. The maximum atomic E-state index is 11.2. The van der Waals surface area contributed by atoms with Crippen LogP contribution in [0.3, 0.4) is 0 Å². The molecule has 1 aliphatic carbocycles. The minimum atomic E-state index is -0.281. The van der Waals surface area contributed by atoms with E-state index in [1.54, 1.807) is 0 Å². The number of oxime groups is 1. The van der Waals surface area contributed by atoms with E-state index in [4.69, 9.17) is 0 Å². The molecule has 0 aromatic rings. The molecule has 1 heterocycles. The van der Waals surface area contributed by atoms with Gasteiger partial charge in [-0.1, -0.05) is 10.7 Å². The highest BCUT2D eigenvalue weighted by Gasteiger charge is 2.32. The first-order valence-electron chi connectivity index (χ1n) is 4.17. The number of allylic oxidation sites excluding steroid dienone is 1. The second-order valence-electron chi connectivity index (χ2n) is 3.39. The Hall–Kier alpha value is -1.12. The first kappa shape index (κ1) is 7.53. The highest BCUT2D eigenvalue weighted by atomic mass is 16.7. The smallest absolute Gasteiger partial charge is 0.312 e. The molecule has 0 N–H and O–H groups in total. The van der Waals surface area contributed by atoms with Crippen molar-refractivity contribution in [1.82, 2.24) is 0 Å². The van der Waals surface area contributed by atoms with E-state index in [0.29, 0.717) is 11.5 Å². The third-order valence-corrected chi connectivity index (χ3v) is 2.42. The lowest BCUT2D eigenvalue weighted by Crippen LogP contribution is -2.06. The van der Waals surface area contributed by atoms with Crippen LogP contribution >= 0.6 is 0 Å². The molecule has 1 fully saturated rings. The van der Waals surface area contributed by atoms with Gasteiger partial charge in [-0.25, -0.2) is 4.79 Å². The molecule has 1 saturated carbocycles. The summed E-state index contributed by atoms with van der Waals surface area (Å²) in [6, 6.07) is 0. The van der Waals surface area contributed by atoms with Crippen molar-refractivity contribution in [2.75, 3.05) is 0 Å². The molecule has 0 bridgehead atoms. The minimum Gasteiger partial charge on any atom is -0.312 e. The van der Waals surface area contributed by atoms with Crippen molar-refractivity contribution in [2.24, 2.45) is 11.1 Å². The van der Waals surface area contributed by atoms with Crippen molar-refractivity contribution in [1.29, 1.82) is 0 Å². The highest BCUT2D eigenvalue weighted by Crippen LogP contribution is 2.38. The Morgan fingerprint density at radius 3 is 2.67 bits per heavy atom. The van der Waals surface area contributed by atoms with E-state index in [2.05, 4.69) is 9.99 Å². The van der Waals surface area contributed by atoms with Crippen molar-refractivity contribution in [3.63, 3.8) is 0 Å². The zero-order chi connectivity index (χ0) is 8.72. The molecule has 0 aromatic carbocycles. The summed E-state index contributed by atoms with van der Waals surface area (Å²) in [6.45, 7) is 3.81. The monoisotopic (exact) mass is 165 g/mol. The molecule has 0 atom stereocenters. The Kier molecular flexibility index (Phi) is 1.53. The SMILES string of the molecule is CC1=NOC(=O)/C1=C(\C)C1CC1. The number of nitrogens with zero attached hydrogens (tertiary/aromatic N) is 1. The van der Waals surface area contributed by atoms with Crippen molar-refractivity contribution >= 4 is 11.7 Å². The van der Waals surface area contributed by atoms with Crippen LogP contribution in [0.5, 0.6) is 0 Å².